The third-order valence-electron chi connectivity index (χ3n) is 5.92. The van der Waals surface area contributed by atoms with Crippen LogP contribution in [-0.2, 0) is 0 Å². The second-order valence-corrected chi connectivity index (χ2v) is 8.49. The van der Waals surface area contributed by atoms with E-state index in [1.54, 1.807) is 30.4 Å². The molecule has 0 saturated carbocycles. The number of carbonyl (C=O) groups is 1. The fourth-order valence-electron chi connectivity index (χ4n) is 4.20. The smallest absolute Gasteiger partial charge is 0.287 e. The summed E-state index contributed by atoms with van der Waals surface area (Å²) in [5, 5.41) is 22.8. The summed E-state index contributed by atoms with van der Waals surface area (Å²) >= 11 is 0. The van der Waals surface area contributed by atoms with Gasteiger partial charge in [-0.3, -0.25) is 25.0 Å². The number of nitro groups is 2. The van der Waals surface area contributed by atoms with E-state index in [-0.39, 0.29) is 16.8 Å². The molecular formula is C27H14N6O5. The third kappa shape index (κ3) is 4.24. The van der Waals surface area contributed by atoms with Crippen molar-refractivity contribution in [2.24, 2.45) is 20.0 Å². The van der Waals surface area contributed by atoms with E-state index >= 15 is 0 Å². The zero-order valence-electron chi connectivity index (χ0n) is 19.3. The van der Waals surface area contributed by atoms with E-state index in [0.29, 0.717) is 28.5 Å². The lowest BCUT2D eigenvalue weighted by Crippen LogP contribution is -2.12. The molecule has 11 heteroatoms. The Kier molecular flexibility index (Phi) is 5.23. The molecule has 1 aromatic rings. The maximum atomic E-state index is 13.6. The zero-order valence-corrected chi connectivity index (χ0v) is 19.3. The summed E-state index contributed by atoms with van der Waals surface area (Å²) in [5.74, 6) is -0.695. The number of aliphatic imine (C=N–C) groups is 4. The number of non-ortho nitro benzene ring substituents is 1. The number of carbonyl (C=O) groups excluding carboxylic acids is 1. The fourth-order valence-corrected chi connectivity index (χ4v) is 4.20. The van der Waals surface area contributed by atoms with Crippen molar-refractivity contribution in [2.45, 2.75) is 0 Å². The fraction of sp³-hybridized carbons (Fsp3) is 0. The van der Waals surface area contributed by atoms with Gasteiger partial charge in [0.05, 0.1) is 67.1 Å². The monoisotopic (exact) mass is 502 g/mol. The van der Waals surface area contributed by atoms with Crippen LogP contribution in [0.4, 0.5) is 11.4 Å². The molecule has 5 aliphatic heterocycles. The van der Waals surface area contributed by atoms with Crippen molar-refractivity contribution < 1.29 is 14.6 Å². The maximum Gasteiger partial charge on any atom is 0.287 e. The van der Waals surface area contributed by atoms with Crippen LogP contribution in [0.2, 0.25) is 0 Å². The van der Waals surface area contributed by atoms with E-state index in [9.17, 15) is 25.0 Å². The zero-order chi connectivity index (χ0) is 26.4. The molecule has 5 aliphatic rings. The van der Waals surface area contributed by atoms with E-state index in [0.717, 1.165) is 29.6 Å². The minimum absolute atomic E-state index is 0.0892. The number of nitrogens with zero attached hydrogens (tertiary/aromatic N) is 6. The van der Waals surface area contributed by atoms with Crippen molar-refractivity contribution in [1.82, 2.24) is 0 Å². The Morgan fingerprint density at radius 2 is 1.18 bits per heavy atom. The molecule has 8 bridgehead atoms. The Balaban J connectivity index is 1.47. The van der Waals surface area contributed by atoms with Crippen LogP contribution >= 0.6 is 0 Å². The molecule has 182 valence electrons. The van der Waals surface area contributed by atoms with Gasteiger partial charge in [-0.15, -0.1) is 0 Å². The maximum absolute atomic E-state index is 13.6. The molecule has 0 amide bonds. The van der Waals surface area contributed by atoms with E-state index in [2.05, 4.69) is 20.0 Å². The molecule has 0 spiro atoms. The Morgan fingerprint density at radius 3 is 1.74 bits per heavy atom. The van der Waals surface area contributed by atoms with Crippen molar-refractivity contribution >= 4 is 40.0 Å². The minimum atomic E-state index is -0.815. The highest BCUT2D eigenvalue weighted by atomic mass is 16.6. The van der Waals surface area contributed by atoms with Gasteiger partial charge in [-0.25, -0.2) is 20.0 Å². The Bertz CT molecular complexity index is 1770. The van der Waals surface area contributed by atoms with E-state index in [1.165, 1.54) is 6.08 Å². The molecule has 0 aliphatic carbocycles. The molecule has 0 saturated heterocycles. The molecule has 0 unspecified atom stereocenters. The van der Waals surface area contributed by atoms with Crippen LogP contribution in [-0.4, -0.2) is 38.5 Å². The largest absolute Gasteiger partial charge is 0.288 e. The lowest BCUT2D eigenvalue weighted by Gasteiger charge is -2.04. The summed E-state index contributed by atoms with van der Waals surface area (Å²) in [6.07, 6.45) is 19.4. The first-order valence-corrected chi connectivity index (χ1v) is 11.3. The first-order chi connectivity index (χ1) is 18.3. The van der Waals surface area contributed by atoms with Crippen molar-refractivity contribution in [1.29, 1.82) is 0 Å². The van der Waals surface area contributed by atoms with Gasteiger partial charge in [0.25, 0.3) is 11.4 Å². The molecule has 0 atom stereocenters. The Labute approximate surface area is 214 Å². The Morgan fingerprint density at radius 1 is 0.632 bits per heavy atom. The number of allylic oxidation sites excluding steroid dienone is 12. The summed E-state index contributed by atoms with van der Waals surface area (Å²) in [4.78, 5) is 53.0. The average Bonchev–Trinajstić information content (AvgIpc) is 3.68. The van der Waals surface area contributed by atoms with Crippen LogP contribution in [0.3, 0.4) is 0 Å². The molecule has 0 N–H and O–H groups in total. The highest BCUT2D eigenvalue weighted by molar-refractivity contribution is 6.34. The molecule has 1 aromatic carbocycles. The molecule has 5 heterocycles. The van der Waals surface area contributed by atoms with Crippen molar-refractivity contribution in [2.75, 3.05) is 0 Å². The van der Waals surface area contributed by atoms with Gasteiger partial charge in [0.15, 0.2) is 0 Å². The number of rotatable bonds is 4. The minimum Gasteiger partial charge on any atom is -0.288 e. The van der Waals surface area contributed by atoms with Gasteiger partial charge in [-0.2, -0.15) is 0 Å². The highest BCUT2D eigenvalue weighted by Crippen LogP contribution is 2.30. The first-order valence-electron chi connectivity index (χ1n) is 11.3. The van der Waals surface area contributed by atoms with Crippen molar-refractivity contribution in [3.63, 3.8) is 0 Å². The van der Waals surface area contributed by atoms with Crippen molar-refractivity contribution in [3.05, 3.63) is 139 Å². The number of hydrogen-bond acceptors (Lipinski definition) is 9. The average molecular weight is 502 g/mol. The van der Waals surface area contributed by atoms with Crippen LogP contribution in [0.1, 0.15) is 10.4 Å². The number of Topliss-reactive ketones (excluding diaryl/α,β-unsaturated/α-hetero) is 1. The first kappa shape index (κ1) is 22.7. The molecular weight excluding hydrogens is 488 g/mol. The highest BCUT2D eigenvalue weighted by Gasteiger charge is 2.30. The lowest BCUT2D eigenvalue weighted by atomic mass is 9.97. The van der Waals surface area contributed by atoms with E-state index < -0.39 is 27.0 Å². The normalized spacial score (nSPS) is 18.6. The molecule has 11 nitrogen and oxygen atoms in total. The lowest BCUT2D eigenvalue weighted by molar-refractivity contribution is -0.394. The van der Waals surface area contributed by atoms with Gasteiger partial charge < -0.3 is 0 Å². The number of nitro benzene ring substituents is 2. The molecule has 0 fully saturated rings. The van der Waals surface area contributed by atoms with Crippen molar-refractivity contribution in [3.8, 4) is 0 Å². The summed E-state index contributed by atoms with van der Waals surface area (Å²) in [7, 11) is 0. The van der Waals surface area contributed by atoms with Gasteiger partial charge >= 0.3 is 0 Å². The van der Waals surface area contributed by atoms with Crippen LogP contribution in [0.5, 0.6) is 0 Å². The SMILES string of the molecule is O=C(C1=CC2=CC3=NC(=CC4=NC(=CC5=NC(=CC1=N2)C=C5)C=C4)C=C3)c1ccc([N+](=O)[O-])cc1[N+](=O)[O-]. The predicted octanol–water partition coefficient (Wildman–Crippen LogP) is 4.65. The summed E-state index contributed by atoms with van der Waals surface area (Å²) in [5.41, 5.74) is 3.24. The van der Waals surface area contributed by atoms with Gasteiger partial charge in [-0.1, -0.05) is 0 Å². The van der Waals surface area contributed by atoms with Crippen LogP contribution in [0, 0.1) is 20.2 Å². The van der Waals surface area contributed by atoms with Gasteiger partial charge in [-0.05, 0) is 72.9 Å². The number of hydrogen-bond donors (Lipinski definition) is 0. The summed E-state index contributed by atoms with van der Waals surface area (Å²) in [6, 6.07) is 2.92. The molecule has 0 aromatic heterocycles. The van der Waals surface area contributed by atoms with Gasteiger partial charge in [0, 0.05) is 6.07 Å². The standard InChI is InChI=1S/C27H14N6O5/c34-27(23-8-7-22(32(35)36)14-26(23)33(37)38)24-12-21-11-19-4-3-17(29-19)9-15-1-2-16(28-15)10-18-5-6-20(30-18)13-25(24)31-21/h1-14H. The van der Waals surface area contributed by atoms with Crippen LogP contribution in [0.15, 0.2) is 133 Å². The summed E-state index contributed by atoms with van der Waals surface area (Å²) < 4.78 is 0. The molecule has 38 heavy (non-hydrogen) atoms. The third-order valence-corrected chi connectivity index (χ3v) is 5.92. The Hall–Kier alpha value is -5.71. The second-order valence-electron chi connectivity index (χ2n) is 8.49. The van der Waals surface area contributed by atoms with E-state index in [4.69, 9.17) is 0 Å². The number of fused-ring (bicyclic) bond motifs is 4. The molecule has 0 radical (unpaired) electrons. The van der Waals surface area contributed by atoms with Gasteiger partial charge in [0.1, 0.15) is 5.56 Å². The topological polar surface area (TPSA) is 153 Å². The second kappa shape index (κ2) is 8.75. The van der Waals surface area contributed by atoms with Crippen LogP contribution in [0.25, 0.3) is 0 Å². The predicted molar refractivity (Wildman–Crippen MR) is 142 cm³/mol. The number of benzene rings is 1. The quantitative estimate of drug-likeness (QED) is 0.333. The summed E-state index contributed by atoms with van der Waals surface area (Å²) in [6.45, 7) is 0. The molecule has 6 rings (SSSR count). The number of ketones is 1. The van der Waals surface area contributed by atoms with E-state index in [1.807, 2.05) is 30.4 Å². The van der Waals surface area contributed by atoms with Crippen LogP contribution < -0.4 is 0 Å². The van der Waals surface area contributed by atoms with Gasteiger partial charge in [0.2, 0.25) is 5.78 Å².